The van der Waals surface area contributed by atoms with Crippen molar-refractivity contribution in [3.8, 4) is 0 Å². The van der Waals surface area contributed by atoms with Crippen LogP contribution >= 0.6 is 0 Å². The van der Waals surface area contributed by atoms with Crippen LogP contribution in [0.25, 0.3) is 0 Å². The Balaban J connectivity index is 1.53. The van der Waals surface area contributed by atoms with Gasteiger partial charge in [-0.1, -0.05) is 18.2 Å². The van der Waals surface area contributed by atoms with Gasteiger partial charge in [0.25, 0.3) is 5.91 Å². The molecule has 1 aliphatic heterocycles. The van der Waals surface area contributed by atoms with Crippen LogP contribution in [0.3, 0.4) is 0 Å². The summed E-state index contributed by atoms with van der Waals surface area (Å²) < 4.78 is 0. The topological polar surface area (TPSA) is 36.8 Å². The maximum Gasteiger partial charge on any atom is 0.255 e. The molecule has 1 heterocycles. The molecule has 2 N–H and O–H groups in total. The molecule has 25 heavy (non-hydrogen) atoms. The minimum atomic E-state index is -0.0121. The minimum Gasteiger partial charge on any atom is -0.359 e. The summed E-state index contributed by atoms with van der Waals surface area (Å²) in [5.74, 6) is -0.0121. The average molecular weight is 336 g/mol. The van der Waals surface area contributed by atoms with Crippen molar-refractivity contribution in [3.05, 3.63) is 59.2 Å². The SMILES string of the molecule is C[NH+]1CCN(c2ccccc2NC(=O)c2ccc3c(c2)CCC3)CC1. The molecule has 2 aliphatic rings. The molecular weight excluding hydrogens is 310 g/mol. The fourth-order valence-corrected chi connectivity index (χ4v) is 3.89. The number of amides is 1. The van der Waals surface area contributed by atoms with Crippen molar-refractivity contribution in [1.29, 1.82) is 0 Å². The van der Waals surface area contributed by atoms with E-state index in [1.807, 2.05) is 24.3 Å². The third-order valence-corrected chi connectivity index (χ3v) is 5.47. The Labute approximate surface area is 149 Å². The number of hydrogen-bond acceptors (Lipinski definition) is 2. The van der Waals surface area contributed by atoms with Gasteiger partial charge in [-0.3, -0.25) is 4.79 Å². The van der Waals surface area contributed by atoms with E-state index < -0.39 is 0 Å². The van der Waals surface area contributed by atoms with Crippen molar-refractivity contribution in [3.63, 3.8) is 0 Å². The molecule has 0 unspecified atom stereocenters. The molecule has 1 fully saturated rings. The Hall–Kier alpha value is -2.33. The molecule has 1 aliphatic carbocycles. The lowest BCUT2D eigenvalue weighted by molar-refractivity contribution is -0.880. The predicted molar refractivity (Wildman–Crippen MR) is 102 cm³/mol. The molecule has 4 rings (SSSR count). The summed E-state index contributed by atoms with van der Waals surface area (Å²) in [6.45, 7) is 4.31. The summed E-state index contributed by atoms with van der Waals surface area (Å²) >= 11 is 0. The second-order valence-corrected chi connectivity index (χ2v) is 7.25. The van der Waals surface area contributed by atoms with Gasteiger partial charge in [0, 0.05) is 5.56 Å². The zero-order valence-corrected chi connectivity index (χ0v) is 14.8. The van der Waals surface area contributed by atoms with Crippen LogP contribution in [0.1, 0.15) is 27.9 Å². The molecule has 0 radical (unpaired) electrons. The fraction of sp³-hybridized carbons (Fsp3) is 0.381. The number of nitrogens with zero attached hydrogens (tertiary/aromatic N) is 1. The number of likely N-dealkylation sites (N-methyl/N-ethyl adjacent to an activating group) is 1. The lowest BCUT2D eigenvalue weighted by Gasteiger charge is -2.33. The van der Waals surface area contributed by atoms with E-state index in [0.29, 0.717) is 0 Å². The number of para-hydroxylation sites is 2. The normalized spacial score (nSPS) is 17.4. The molecule has 0 spiro atoms. The van der Waals surface area contributed by atoms with Crippen LogP contribution in [-0.2, 0) is 12.8 Å². The average Bonchev–Trinajstić information content (AvgIpc) is 3.11. The summed E-state index contributed by atoms with van der Waals surface area (Å²) in [6, 6.07) is 14.3. The van der Waals surface area contributed by atoms with Gasteiger partial charge in [0.15, 0.2) is 0 Å². The van der Waals surface area contributed by atoms with E-state index in [1.165, 1.54) is 17.5 Å². The number of nitrogens with one attached hydrogen (secondary N) is 2. The summed E-state index contributed by atoms with van der Waals surface area (Å²) in [5.41, 5.74) is 5.54. The Kier molecular flexibility index (Phi) is 4.45. The summed E-state index contributed by atoms with van der Waals surface area (Å²) in [5, 5.41) is 3.14. The second-order valence-electron chi connectivity index (χ2n) is 7.25. The van der Waals surface area contributed by atoms with Gasteiger partial charge in [-0.05, 0) is 54.7 Å². The summed E-state index contributed by atoms with van der Waals surface area (Å²) in [7, 11) is 2.23. The molecule has 4 heteroatoms. The van der Waals surface area contributed by atoms with Crippen LogP contribution in [0.2, 0.25) is 0 Å². The first-order valence-corrected chi connectivity index (χ1v) is 9.29. The van der Waals surface area contributed by atoms with Crippen molar-refractivity contribution in [2.24, 2.45) is 0 Å². The van der Waals surface area contributed by atoms with Gasteiger partial charge in [0.2, 0.25) is 0 Å². The van der Waals surface area contributed by atoms with Gasteiger partial charge in [-0.2, -0.15) is 0 Å². The largest absolute Gasteiger partial charge is 0.359 e. The third-order valence-electron chi connectivity index (χ3n) is 5.47. The van der Waals surface area contributed by atoms with Gasteiger partial charge in [-0.25, -0.2) is 0 Å². The van der Waals surface area contributed by atoms with Crippen LogP contribution < -0.4 is 15.1 Å². The maximum atomic E-state index is 12.8. The van der Waals surface area contributed by atoms with Gasteiger partial charge in [0.05, 0.1) is 44.6 Å². The number of hydrogen-bond donors (Lipinski definition) is 2. The summed E-state index contributed by atoms with van der Waals surface area (Å²) in [6.07, 6.45) is 3.44. The molecule has 4 nitrogen and oxygen atoms in total. The number of benzene rings is 2. The highest BCUT2D eigenvalue weighted by Gasteiger charge is 2.20. The molecule has 1 saturated heterocycles. The van der Waals surface area contributed by atoms with Crippen LogP contribution in [-0.4, -0.2) is 39.1 Å². The number of carbonyl (C=O) groups excluding carboxylic acids is 1. The van der Waals surface area contributed by atoms with Crippen molar-refractivity contribution < 1.29 is 9.69 Å². The van der Waals surface area contributed by atoms with Gasteiger partial charge < -0.3 is 15.1 Å². The first-order chi connectivity index (χ1) is 12.2. The number of carbonyl (C=O) groups is 1. The molecule has 0 atom stereocenters. The molecule has 0 bridgehead atoms. The third kappa shape index (κ3) is 3.40. The van der Waals surface area contributed by atoms with Gasteiger partial charge in [-0.15, -0.1) is 0 Å². The number of piperazine rings is 1. The minimum absolute atomic E-state index is 0.0121. The zero-order valence-electron chi connectivity index (χ0n) is 14.8. The lowest BCUT2D eigenvalue weighted by atomic mass is 10.1. The smallest absolute Gasteiger partial charge is 0.255 e. The van der Waals surface area contributed by atoms with Crippen LogP contribution in [0.15, 0.2) is 42.5 Å². The molecule has 0 saturated carbocycles. The van der Waals surface area contributed by atoms with Crippen LogP contribution in [0.4, 0.5) is 11.4 Å². The Morgan fingerprint density at radius 1 is 1.04 bits per heavy atom. The fourth-order valence-electron chi connectivity index (χ4n) is 3.89. The van der Waals surface area contributed by atoms with E-state index in [4.69, 9.17) is 0 Å². The Morgan fingerprint density at radius 3 is 2.64 bits per heavy atom. The molecule has 2 aromatic rings. The van der Waals surface area contributed by atoms with Crippen molar-refractivity contribution in [2.45, 2.75) is 19.3 Å². The van der Waals surface area contributed by atoms with Crippen molar-refractivity contribution in [1.82, 2.24) is 0 Å². The molecule has 1 amide bonds. The number of anilines is 2. The number of fused-ring (bicyclic) bond motifs is 1. The maximum absolute atomic E-state index is 12.8. The molecule has 2 aromatic carbocycles. The summed E-state index contributed by atoms with van der Waals surface area (Å²) in [4.78, 5) is 16.7. The van der Waals surface area contributed by atoms with Gasteiger partial charge in [0.1, 0.15) is 0 Å². The van der Waals surface area contributed by atoms with E-state index in [0.717, 1.165) is 56.0 Å². The molecule has 130 valence electrons. The standard InChI is InChI=1S/C21H25N3O/c1-23-11-13-24(14-12-23)20-8-3-2-7-19(20)22-21(25)18-10-9-16-5-4-6-17(16)15-18/h2-3,7-10,15H,4-6,11-14H2,1H3,(H,22,25)/p+1. The number of rotatable bonds is 3. The quantitative estimate of drug-likeness (QED) is 0.896. The first kappa shape index (κ1) is 16.2. The van der Waals surface area contributed by atoms with E-state index in [1.54, 1.807) is 4.90 Å². The highest BCUT2D eigenvalue weighted by molar-refractivity contribution is 6.06. The second kappa shape index (κ2) is 6.89. The van der Waals surface area contributed by atoms with E-state index in [-0.39, 0.29) is 5.91 Å². The Bertz CT molecular complexity index is 778. The van der Waals surface area contributed by atoms with Crippen molar-refractivity contribution >= 4 is 17.3 Å². The van der Waals surface area contributed by atoms with Crippen LogP contribution in [0, 0.1) is 0 Å². The van der Waals surface area contributed by atoms with Crippen molar-refractivity contribution in [2.75, 3.05) is 43.4 Å². The first-order valence-electron chi connectivity index (χ1n) is 9.29. The highest BCUT2D eigenvalue weighted by atomic mass is 16.1. The van der Waals surface area contributed by atoms with E-state index in [9.17, 15) is 4.79 Å². The lowest BCUT2D eigenvalue weighted by Crippen LogP contribution is -3.12. The zero-order chi connectivity index (χ0) is 17.2. The number of aryl methyl sites for hydroxylation is 2. The molecular formula is C21H26N3O+. The molecule has 0 aromatic heterocycles. The number of quaternary nitrogens is 1. The predicted octanol–water partition coefficient (Wildman–Crippen LogP) is 1.76. The highest BCUT2D eigenvalue weighted by Crippen LogP contribution is 2.27. The van der Waals surface area contributed by atoms with Crippen LogP contribution in [0.5, 0.6) is 0 Å². The van der Waals surface area contributed by atoms with E-state index in [2.05, 4.69) is 35.5 Å². The van der Waals surface area contributed by atoms with E-state index >= 15 is 0 Å². The Morgan fingerprint density at radius 2 is 1.80 bits per heavy atom. The van der Waals surface area contributed by atoms with Gasteiger partial charge >= 0.3 is 0 Å². The monoisotopic (exact) mass is 336 g/mol.